The van der Waals surface area contributed by atoms with Crippen LogP contribution in [0.1, 0.15) is 45.0 Å². The van der Waals surface area contributed by atoms with E-state index < -0.39 is 0 Å². The Labute approximate surface area is 139 Å². The predicted molar refractivity (Wildman–Crippen MR) is 92.6 cm³/mol. The molecule has 128 valence electrons. The summed E-state index contributed by atoms with van der Waals surface area (Å²) in [6, 6.07) is 7.05. The number of carbonyl (C=O) groups is 2. The van der Waals surface area contributed by atoms with Crippen LogP contribution in [-0.4, -0.2) is 42.5 Å². The van der Waals surface area contributed by atoms with Crippen molar-refractivity contribution in [2.24, 2.45) is 5.92 Å². The fraction of sp³-hybridized carbons (Fsp3) is 0.556. The molecule has 1 aromatic carbocycles. The van der Waals surface area contributed by atoms with Crippen LogP contribution in [0, 0.1) is 5.92 Å². The quantitative estimate of drug-likeness (QED) is 0.748. The first-order valence-electron chi connectivity index (χ1n) is 8.14. The van der Waals surface area contributed by atoms with Crippen molar-refractivity contribution >= 4 is 17.6 Å². The summed E-state index contributed by atoms with van der Waals surface area (Å²) in [6.45, 7) is 11.8. The number of rotatable bonds is 8. The molecule has 0 atom stereocenters. The lowest BCUT2D eigenvalue weighted by Crippen LogP contribution is -2.40. The third kappa shape index (κ3) is 6.82. The van der Waals surface area contributed by atoms with Gasteiger partial charge in [0.05, 0.1) is 18.7 Å². The van der Waals surface area contributed by atoms with Gasteiger partial charge in [-0.25, -0.2) is 4.79 Å². The summed E-state index contributed by atoms with van der Waals surface area (Å²) in [4.78, 5) is 25.9. The number of carbonyl (C=O) groups excluding carboxylic acids is 2. The van der Waals surface area contributed by atoms with Crippen LogP contribution in [0.15, 0.2) is 24.3 Å². The molecule has 0 saturated carbocycles. The van der Waals surface area contributed by atoms with Gasteiger partial charge in [0.25, 0.3) is 0 Å². The van der Waals surface area contributed by atoms with E-state index in [1.54, 1.807) is 31.2 Å². The third-order valence-electron chi connectivity index (χ3n) is 3.36. The van der Waals surface area contributed by atoms with Gasteiger partial charge in [0.2, 0.25) is 5.91 Å². The number of benzene rings is 1. The standard InChI is InChI=1S/C18H28N2O3/c1-6-23-18(22)15-7-9-16(10-8-15)19-17(21)12-20(14(4)5)11-13(2)3/h7-10,13-14H,6,11-12H2,1-5H3,(H,19,21). The lowest BCUT2D eigenvalue weighted by atomic mass is 10.1. The number of hydrogen-bond acceptors (Lipinski definition) is 4. The molecule has 0 aliphatic rings. The molecule has 0 unspecified atom stereocenters. The highest BCUT2D eigenvalue weighted by Gasteiger charge is 2.15. The smallest absolute Gasteiger partial charge is 0.338 e. The summed E-state index contributed by atoms with van der Waals surface area (Å²) in [5.41, 5.74) is 1.16. The Balaban J connectivity index is 2.61. The Hall–Kier alpha value is -1.88. The molecule has 0 aliphatic heterocycles. The van der Waals surface area contributed by atoms with Crippen molar-refractivity contribution < 1.29 is 14.3 Å². The topological polar surface area (TPSA) is 58.6 Å². The molecule has 1 aromatic rings. The predicted octanol–water partition coefficient (Wildman–Crippen LogP) is 3.17. The maximum Gasteiger partial charge on any atom is 0.338 e. The van der Waals surface area contributed by atoms with Crippen LogP contribution in [0.4, 0.5) is 5.69 Å². The van der Waals surface area contributed by atoms with Gasteiger partial charge < -0.3 is 10.1 Å². The van der Waals surface area contributed by atoms with Crippen LogP contribution in [0.5, 0.6) is 0 Å². The fourth-order valence-corrected chi connectivity index (χ4v) is 2.22. The average Bonchev–Trinajstić information content (AvgIpc) is 2.47. The SMILES string of the molecule is CCOC(=O)c1ccc(NC(=O)CN(CC(C)C)C(C)C)cc1. The molecule has 0 bridgehead atoms. The third-order valence-corrected chi connectivity index (χ3v) is 3.36. The van der Waals surface area contributed by atoms with E-state index in [4.69, 9.17) is 4.74 Å². The monoisotopic (exact) mass is 320 g/mol. The minimum absolute atomic E-state index is 0.0526. The van der Waals surface area contributed by atoms with Crippen molar-refractivity contribution in [3.8, 4) is 0 Å². The van der Waals surface area contributed by atoms with Gasteiger partial charge in [-0.1, -0.05) is 13.8 Å². The van der Waals surface area contributed by atoms with Crippen molar-refractivity contribution in [2.45, 2.75) is 40.7 Å². The number of esters is 1. The van der Waals surface area contributed by atoms with Gasteiger partial charge in [-0.05, 0) is 51.0 Å². The molecule has 0 radical (unpaired) electrons. The molecular formula is C18H28N2O3. The van der Waals surface area contributed by atoms with E-state index in [0.29, 0.717) is 36.4 Å². The molecule has 0 spiro atoms. The number of nitrogens with one attached hydrogen (secondary N) is 1. The van der Waals surface area contributed by atoms with Crippen LogP contribution in [0.2, 0.25) is 0 Å². The second-order valence-corrected chi connectivity index (χ2v) is 6.26. The zero-order chi connectivity index (χ0) is 17.4. The molecule has 5 nitrogen and oxygen atoms in total. The summed E-state index contributed by atoms with van der Waals surface area (Å²) >= 11 is 0. The van der Waals surface area contributed by atoms with Crippen LogP contribution in [0.25, 0.3) is 0 Å². The van der Waals surface area contributed by atoms with E-state index in [2.05, 4.69) is 37.9 Å². The molecule has 0 heterocycles. The highest BCUT2D eigenvalue weighted by Crippen LogP contribution is 2.11. The number of amides is 1. The lowest BCUT2D eigenvalue weighted by Gasteiger charge is -2.27. The Bertz CT molecular complexity index is 510. The van der Waals surface area contributed by atoms with E-state index in [-0.39, 0.29) is 11.9 Å². The number of ether oxygens (including phenoxy) is 1. The lowest BCUT2D eigenvalue weighted by molar-refractivity contribution is -0.117. The van der Waals surface area contributed by atoms with Gasteiger partial charge in [-0.3, -0.25) is 9.69 Å². The first-order valence-corrected chi connectivity index (χ1v) is 8.14. The number of nitrogens with zero attached hydrogens (tertiary/aromatic N) is 1. The van der Waals surface area contributed by atoms with Crippen LogP contribution in [0.3, 0.4) is 0 Å². The van der Waals surface area contributed by atoms with Crippen LogP contribution >= 0.6 is 0 Å². The van der Waals surface area contributed by atoms with Gasteiger partial charge in [-0.2, -0.15) is 0 Å². The second kappa shape index (κ2) is 9.30. The van der Waals surface area contributed by atoms with E-state index in [0.717, 1.165) is 6.54 Å². The molecule has 23 heavy (non-hydrogen) atoms. The Morgan fingerprint density at radius 1 is 1.13 bits per heavy atom. The molecule has 1 N–H and O–H groups in total. The molecule has 0 fully saturated rings. The minimum atomic E-state index is -0.353. The number of anilines is 1. The Kier molecular flexibility index (Phi) is 7.75. The zero-order valence-corrected chi connectivity index (χ0v) is 14.8. The van der Waals surface area contributed by atoms with Gasteiger partial charge in [0.15, 0.2) is 0 Å². The van der Waals surface area contributed by atoms with Crippen molar-refractivity contribution in [2.75, 3.05) is 25.0 Å². The van der Waals surface area contributed by atoms with E-state index in [1.807, 2.05) is 0 Å². The summed E-state index contributed by atoms with van der Waals surface area (Å²) in [6.07, 6.45) is 0. The van der Waals surface area contributed by atoms with Crippen molar-refractivity contribution in [1.29, 1.82) is 0 Å². The first kappa shape index (κ1) is 19.2. The van der Waals surface area contributed by atoms with Crippen molar-refractivity contribution in [3.05, 3.63) is 29.8 Å². The van der Waals surface area contributed by atoms with Gasteiger partial charge in [-0.15, -0.1) is 0 Å². The van der Waals surface area contributed by atoms with Crippen molar-refractivity contribution in [3.63, 3.8) is 0 Å². The molecule has 1 amide bonds. The fourth-order valence-electron chi connectivity index (χ4n) is 2.22. The van der Waals surface area contributed by atoms with Gasteiger partial charge in [0, 0.05) is 18.3 Å². The Morgan fingerprint density at radius 2 is 1.74 bits per heavy atom. The summed E-state index contributed by atoms with van der Waals surface area (Å²) < 4.78 is 4.93. The second-order valence-electron chi connectivity index (χ2n) is 6.26. The normalized spacial score (nSPS) is 11.1. The molecule has 1 rings (SSSR count). The largest absolute Gasteiger partial charge is 0.462 e. The summed E-state index contributed by atoms with van der Waals surface area (Å²) in [5, 5.41) is 2.87. The van der Waals surface area contributed by atoms with Gasteiger partial charge in [0.1, 0.15) is 0 Å². The summed E-state index contributed by atoms with van der Waals surface area (Å²) in [7, 11) is 0. The maximum atomic E-state index is 12.2. The molecule has 5 heteroatoms. The highest BCUT2D eigenvalue weighted by molar-refractivity contribution is 5.94. The minimum Gasteiger partial charge on any atom is -0.462 e. The number of hydrogen-bond donors (Lipinski definition) is 1. The van der Waals surface area contributed by atoms with Crippen LogP contribution < -0.4 is 5.32 Å². The van der Waals surface area contributed by atoms with Gasteiger partial charge >= 0.3 is 5.97 Å². The van der Waals surface area contributed by atoms with E-state index in [1.165, 1.54) is 0 Å². The van der Waals surface area contributed by atoms with Crippen molar-refractivity contribution in [1.82, 2.24) is 4.90 Å². The van der Waals surface area contributed by atoms with E-state index in [9.17, 15) is 9.59 Å². The first-order chi connectivity index (χ1) is 10.8. The molecule has 0 saturated heterocycles. The van der Waals surface area contributed by atoms with Crippen LogP contribution in [-0.2, 0) is 9.53 Å². The average molecular weight is 320 g/mol. The highest BCUT2D eigenvalue weighted by atomic mass is 16.5. The maximum absolute atomic E-state index is 12.2. The Morgan fingerprint density at radius 3 is 2.22 bits per heavy atom. The molecular weight excluding hydrogens is 292 g/mol. The van der Waals surface area contributed by atoms with E-state index >= 15 is 0 Å². The molecule has 0 aromatic heterocycles. The molecule has 0 aliphatic carbocycles. The summed E-state index contributed by atoms with van der Waals surface area (Å²) in [5.74, 6) is 0.102. The zero-order valence-electron chi connectivity index (χ0n) is 14.8.